The molecule has 0 bridgehead atoms. The molecule has 0 unspecified atom stereocenters. The molecule has 6 aromatic rings. The van der Waals surface area contributed by atoms with Gasteiger partial charge < -0.3 is 9.15 Å². The Kier molecular flexibility index (Phi) is 4.96. The summed E-state index contributed by atoms with van der Waals surface area (Å²) < 4.78 is 26.1. The highest BCUT2D eigenvalue weighted by atomic mass is 32.1. The highest BCUT2D eigenvalue weighted by Gasteiger charge is 2.19. The third kappa shape index (κ3) is 3.68. The summed E-state index contributed by atoms with van der Waals surface area (Å²) in [6, 6.07) is 20.5. The van der Waals surface area contributed by atoms with Gasteiger partial charge in [-0.15, -0.1) is 11.3 Å². The van der Waals surface area contributed by atoms with E-state index in [0.29, 0.717) is 21.7 Å². The Morgan fingerprint density at radius 2 is 1.86 bits per heavy atom. The molecule has 8 heteroatoms. The Balaban J connectivity index is 1.34. The summed E-state index contributed by atoms with van der Waals surface area (Å²) in [5.41, 5.74) is 1.96. The van der Waals surface area contributed by atoms with Crippen molar-refractivity contribution in [2.24, 2.45) is 0 Å². The molecule has 0 radical (unpaired) electrons. The van der Waals surface area contributed by atoms with Gasteiger partial charge in [-0.3, -0.25) is 0 Å². The molecule has 0 aliphatic heterocycles. The lowest BCUT2D eigenvalue weighted by molar-refractivity contribution is 0.0480. The van der Waals surface area contributed by atoms with E-state index in [4.69, 9.17) is 9.15 Å². The summed E-state index contributed by atoms with van der Waals surface area (Å²) in [5, 5.41) is 8.00. The average molecular weight is 485 g/mol. The SMILES string of the molecule is Cc1nn(-c2ccc(F)cc2)c2sc(C(=O)OCc3cc(=O)oc4ccc5ccccc5c34)cc12. The number of aryl methyl sites for hydroxylation is 1. The van der Waals surface area contributed by atoms with E-state index >= 15 is 0 Å². The molecule has 0 spiro atoms. The Morgan fingerprint density at radius 3 is 2.69 bits per heavy atom. The standard InChI is InChI=1S/C27H17FN2O4S/c1-15-21-13-23(35-26(21)30(29-15)19-9-7-18(28)8-10-19)27(32)33-14-17-12-24(31)34-22-11-6-16-4-2-3-5-20(16)25(17)22/h2-13H,14H2,1H3. The first-order valence-corrected chi connectivity index (χ1v) is 11.7. The summed E-state index contributed by atoms with van der Waals surface area (Å²) in [6.45, 7) is 1.77. The molecule has 0 aliphatic rings. The van der Waals surface area contributed by atoms with Crippen molar-refractivity contribution >= 4 is 49.3 Å². The van der Waals surface area contributed by atoms with Crippen LogP contribution in [0.15, 0.2) is 82.0 Å². The number of aromatic nitrogens is 2. The molecule has 0 saturated carbocycles. The van der Waals surface area contributed by atoms with Gasteiger partial charge in [0.1, 0.15) is 27.7 Å². The van der Waals surface area contributed by atoms with Gasteiger partial charge in [0.25, 0.3) is 0 Å². The smallest absolute Gasteiger partial charge is 0.348 e. The zero-order valence-corrected chi connectivity index (χ0v) is 19.3. The minimum atomic E-state index is -0.504. The van der Waals surface area contributed by atoms with E-state index in [9.17, 15) is 14.0 Å². The molecule has 35 heavy (non-hydrogen) atoms. The Labute approximate surface area is 201 Å². The van der Waals surface area contributed by atoms with E-state index in [1.165, 1.54) is 29.5 Å². The van der Waals surface area contributed by atoms with Crippen molar-refractivity contribution in [1.29, 1.82) is 0 Å². The summed E-state index contributed by atoms with van der Waals surface area (Å²) in [5.74, 6) is -0.836. The highest BCUT2D eigenvalue weighted by molar-refractivity contribution is 7.20. The number of esters is 1. The maximum Gasteiger partial charge on any atom is 0.348 e. The third-order valence-electron chi connectivity index (χ3n) is 5.89. The first kappa shape index (κ1) is 21.2. The predicted molar refractivity (Wildman–Crippen MR) is 133 cm³/mol. The van der Waals surface area contributed by atoms with Crippen LogP contribution >= 0.6 is 11.3 Å². The Bertz CT molecular complexity index is 1820. The van der Waals surface area contributed by atoms with Crippen LogP contribution in [0, 0.1) is 12.7 Å². The number of rotatable bonds is 4. The van der Waals surface area contributed by atoms with Gasteiger partial charge in [0, 0.05) is 22.4 Å². The van der Waals surface area contributed by atoms with Crippen molar-refractivity contribution in [2.75, 3.05) is 0 Å². The second-order valence-electron chi connectivity index (χ2n) is 8.13. The predicted octanol–water partition coefficient (Wildman–Crippen LogP) is 6.15. The fourth-order valence-corrected chi connectivity index (χ4v) is 5.33. The molecule has 6 rings (SSSR count). The van der Waals surface area contributed by atoms with E-state index in [-0.39, 0.29) is 12.4 Å². The molecule has 3 aromatic carbocycles. The number of carbonyl (C=O) groups excluding carboxylic acids is 1. The van der Waals surface area contributed by atoms with Gasteiger partial charge >= 0.3 is 11.6 Å². The van der Waals surface area contributed by atoms with Crippen LogP contribution in [0.5, 0.6) is 0 Å². The van der Waals surface area contributed by atoms with Gasteiger partial charge in [0.05, 0.1) is 11.4 Å². The van der Waals surface area contributed by atoms with Crippen LogP contribution < -0.4 is 5.63 Å². The maximum atomic E-state index is 13.4. The summed E-state index contributed by atoms with van der Waals surface area (Å²) in [7, 11) is 0. The third-order valence-corrected chi connectivity index (χ3v) is 6.98. The molecular formula is C27H17FN2O4S. The van der Waals surface area contributed by atoms with Crippen LogP contribution in [0.25, 0.3) is 37.6 Å². The number of ether oxygens (including phenoxy) is 1. The lowest BCUT2D eigenvalue weighted by Crippen LogP contribution is -2.07. The van der Waals surface area contributed by atoms with Crippen molar-refractivity contribution < 1.29 is 18.3 Å². The number of benzene rings is 3. The van der Waals surface area contributed by atoms with Crippen LogP contribution in [0.2, 0.25) is 0 Å². The number of halogens is 1. The van der Waals surface area contributed by atoms with E-state index in [1.807, 2.05) is 37.3 Å². The molecule has 0 amide bonds. The molecule has 0 atom stereocenters. The molecule has 0 aliphatic carbocycles. The lowest BCUT2D eigenvalue weighted by Gasteiger charge is -2.09. The molecule has 172 valence electrons. The minimum Gasteiger partial charge on any atom is -0.457 e. The maximum absolute atomic E-state index is 13.4. The van der Waals surface area contributed by atoms with Crippen molar-refractivity contribution in [3.8, 4) is 5.69 Å². The number of nitrogens with zero attached hydrogens (tertiary/aromatic N) is 2. The molecule has 0 fully saturated rings. The topological polar surface area (TPSA) is 74.3 Å². The molecule has 6 nitrogen and oxygen atoms in total. The largest absolute Gasteiger partial charge is 0.457 e. The first-order chi connectivity index (χ1) is 17.0. The van der Waals surface area contributed by atoms with Crippen LogP contribution in [-0.4, -0.2) is 15.7 Å². The molecular weight excluding hydrogens is 467 g/mol. The van der Waals surface area contributed by atoms with Gasteiger partial charge in [0.2, 0.25) is 0 Å². The highest BCUT2D eigenvalue weighted by Crippen LogP contribution is 2.32. The summed E-state index contributed by atoms with van der Waals surface area (Å²) in [4.78, 5) is 26.3. The van der Waals surface area contributed by atoms with Crippen LogP contribution in [0.3, 0.4) is 0 Å². The van der Waals surface area contributed by atoms with Gasteiger partial charge in [0.15, 0.2) is 0 Å². The van der Waals surface area contributed by atoms with Crippen LogP contribution in [0.1, 0.15) is 20.9 Å². The zero-order valence-electron chi connectivity index (χ0n) is 18.4. The monoisotopic (exact) mass is 484 g/mol. The molecule has 0 N–H and O–H groups in total. The van der Waals surface area contributed by atoms with E-state index in [2.05, 4.69) is 5.10 Å². The van der Waals surface area contributed by atoms with Gasteiger partial charge in [-0.25, -0.2) is 18.7 Å². The zero-order chi connectivity index (χ0) is 24.1. The second kappa shape index (κ2) is 8.18. The van der Waals surface area contributed by atoms with Crippen LogP contribution in [-0.2, 0) is 11.3 Å². The van der Waals surface area contributed by atoms with E-state index < -0.39 is 11.6 Å². The second-order valence-corrected chi connectivity index (χ2v) is 9.16. The van der Waals surface area contributed by atoms with Gasteiger partial charge in [-0.2, -0.15) is 5.10 Å². The number of hydrogen-bond donors (Lipinski definition) is 0. The summed E-state index contributed by atoms with van der Waals surface area (Å²) >= 11 is 1.25. The average Bonchev–Trinajstić information content (AvgIpc) is 3.43. The Hall–Kier alpha value is -4.30. The first-order valence-electron chi connectivity index (χ1n) is 10.8. The van der Waals surface area contributed by atoms with Crippen molar-refractivity contribution in [1.82, 2.24) is 9.78 Å². The van der Waals surface area contributed by atoms with Gasteiger partial charge in [-0.1, -0.05) is 30.3 Å². The van der Waals surface area contributed by atoms with E-state index in [1.54, 1.807) is 28.9 Å². The Morgan fingerprint density at radius 1 is 1.06 bits per heavy atom. The summed E-state index contributed by atoms with van der Waals surface area (Å²) in [6.07, 6.45) is 0. The fourth-order valence-electron chi connectivity index (χ4n) is 4.25. The number of fused-ring (bicyclic) bond motifs is 4. The fraction of sp³-hybridized carbons (Fsp3) is 0.0741. The number of thiophene rings is 1. The minimum absolute atomic E-state index is 0.0771. The molecule has 3 heterocycles. The lowest BCUT2D eigenvalue weighted by atomic mass is 10.0. The van der Waals surface area contributed by atoms with Crippen LogP contribution in [0.4, 0.5) is 4.39 Å². The quantitative estimate of drug-likeness (QED) is 0.170. The van der Waals surface area contributed by atoms with Crippen molar-refractivity contribution in [2.45, 2.75) is 13.5 Å². The van der Waals surface area contributed by atoms with E-state index in [0.717, 1.165) is 32.1 Å². The van der Waals surface area contributed by atoms with Crippen molar-refractivity contribution in [3.63, 3.8) is 0 Å². The molecule has 0 saturated heterocycles. The number of hydrogen-bond acceptors (Lipinski definition) is 6. The van der Waals surface area contributed by atoms with Gasteiger partial charge in [-0.05, 0) is 54.1 Å². The number of carbonyl (C=O) groups is 1. The normalized spacial score (nSPS) is 11.5. The van der Waals surface area contributed by atoms with Crippen molar-refractivity contribution in [3.05, 3.63) is 105 Å². The molecule has 3 aromatic heterocycles.